The maximum atomic E-state index is 9.46. The van der Waals surface area contributed by atoms with Gasteiger partial charge in [0, 0.05) is 10.9 Å². The molecule has 136 valence electrons. The molecule has 0 spiro atoms. The van der Waals surface area contributed by atoms with E-state index in [0.717, 1.165) is 22.7 Å². The Morgan fingerprint density at radius 1 is 1.19 bits per heavy atom. The number of thiazole rings is 1. The first kappa shape index (κ1) is 18.6. The fourth-order valence-electron chi connectivity index (χ4n) is 2.46. The van der Waals surface area contributed by atoms with E-state index in [1.807, 2.05) is 61.7 Å². The van der Waals surface area contributed by atoms with Crippen molar-refractivity contribution >= 4 is 22.7 Å². The van der Waals surface area contributed by atoms with Crippen LogP contribution in [-0.4, -0.2) is 17.3 Å². The predicted octanol–water partition coefficient (Wildman–Crippen LogP) is 5.17. The van der Waals surface area contributed by atoms with Crippen LogP contribution in [-0.2, 0) is 0 Å². The molecule has 0 aliphatic heterocycles. The molecular weight excluding hydrogens is 356 g/mol. The molecule has 3 rings (SSSR count). The van der Waals surface area contributed by atoms with Crippen LogP contribution in [0, 0.1) is 25.2 Å². The molecule has 0 fully saturated rings. The van der Waals surface area contributed by atoms with Gasteiger partial charge in [0.2, 0.25) is 0 Å². The van der Waals surface area contributed by atoms with Gasteiger partial charge in [0.15, 0.2) is 10.7 Å². The lowest BCUT2D eigenvalue weighted by molar-refractivity contribution is 0.340. The minimum Gasteiger partial charge on any atom is -0.494 e. The van der Waals surface area contributed by atoms with E-state index in [1.54, 1.807) is 0 Å². The highest BCUT2D eigenvalue weighted by molar-refractivity contribution is 7.12. The van der Waals surface area contributed by atoms with Gasteiger partial charge in [0.1, 0.15) is 11.8 Å². The number of nitrogens with zero attached hydrogens (tertiary/aromatic N) is 3. The largest absolute Gasteiger partial charge is 0.494 e. The Balaban J connectivity index is 1.78. The maximum Gasteiger partial charge on any atom is 0.196 e. The standard InChI is InChI=1S/C21H20N4OS/c1-4-26-18-9-6-16(7-10-18)20-13-27-21(23-20)19(12-22)25-24-17-8-5-14(2)15(3)11-17/h5-11,13,24H,4H2,1-3H3/b25-19-. The molecule has 0 aliphatic carbocycles. The lowest BCUT2D eigenvalue weighted by Gasteiger charge is -2.04. The Morgan fingerprint density at radius 3 is 2.63 bits per heavy atom. The average Bonchev–Trinajstić information content (AvgIpc) is 3.16. The molecule has 27 heavy (non-hydrogen) atoms. The number of anilines is 1. The molecule has 1 heterocycles. The molecule has 0 aliphatic rings. The molecule has 0 atom stereocenters. The normalized spacial score (nSPS) is 11.1. The van der Waals surface area contributed by atoms with Crippen molar-refractivity contribution in [3.63, 3.8) is 0 Å². The number of hydrazone groups is 1. The third-order valence-electron chi connectivity index (χ3n) is 4.08. The van der Waals surface area contributed by atoms with Gasteiger partial charge >= 0.3 is 0 Å². The van der Waals surface area contributed by atoms with Crippen LogP contribution in [0.2, 0.25) is 0 Å². The summed E-state index contributed by atoms with van der Waals surface area (Å²) >= 11 is 1.40. The Morgan fingerprint density at radius 2 is 1.96 bits per heavy atom. The highest BCUT2D eigenvalue weighted by atomic mass is 32.1. The van der Waals surface area contributed by atoms with E-state index in [0.29, 0.717) is 11.6 Å². The Kier molecular flexibility index (Phi) is 5.84. The topological polar surface area (TPSA) is 70.3 Å². The number of benzene rings is 2. The van der Waals surface area contributed by atoms with Gasteiger partial charge in [-0.15, -0.1) is 11.3 Å². The van der Waals surface area contributed by atoms with Gasteiger partial charge in [-0.1, -0.05) is 6.07 Å². The average molecular weight is 376 g/mol. The van der Waals surface area contributed by atoms with Crippen LogP contribution >= 0.6 is 11.3 Å². The monoisotopic (exact) mass is 376 g/mol. The Bertz CT molecular complexity index is 1000. The highest BCUT2D eigenvalue weighted by Gasteiger charge is 2.11. The molecule has 0 amide bonds. The number of hydrogen-bond acceptors (Lipinski definition) is 6. The van der Waals surface area contributed by atoms with Crippen molar-refractivity contribution in [3.05, 3.63) is 64.0 Å². The van der Waals surface area contributed by atoms with Crippen LogP contribution in [0.4, 0.5) is 5.69 Å². The molecule has 0 radical (unpaired) electrons. The van der Waals surface area contributed by atoms with Gasteiger partial charge in [0.05, 0.1) is 18.0 Å². The molecule has 1 aromatic heterocycles. The predicted molar refractivity (Wildman–Crippen MR) is 110 cm³/mol. The highest BCUT2D eigenvalue weighted by Crippen LogP contribution is 2.25. The molecule has 2 aromatic carbocycles. The summed E-state index contributed by atoms with van der Waals surface area (Å²) in [6.07, 6.45) is 0. The van der Waals surface area contributed by atoms with Crippen molar-refractivity contribution in [1.82, 2.24) is 4.98 Å². The second-order valence-electron chi connectivity index (χ2n) is 5.98. The minimum absolute atomic E-state index is 0.260. The molecule has 0 unspecified atom stereocenters. The molecule has 0 saturated heterocycles. The summed E-state index contributed by atoms with van der Waals surface area (Å²) in [6.45, 7) is 6.69. The first-order valence-electron chi connectivity index (χ1n) is 8.61. The Hall–Kier alpha value is -3.17. The lowest BCUT2D eigenvalue weighted by atomic mass is 10.1. The molecule has 0 saturated carbocycles. The summed E-state index contributed by atoms with van der Waals surface area (Å²) in [5.74, 6) is 0.827. The molecule has 5 nitrogen and oxygen atoms in total. The van der Waals surface area contributed by atoms with Crippen LogP contribution < -0.4 is 10.2 Å². The van der Waals surface area contributed by atoms with Gasteiger partial charge < -0.3 is 4.74 Å². The first-order chi connectivity index (χ1) is 13.1. The second-order valence-corrected chi connectivity index (χ2v) is 6.84. The summed E-state index contributed by atoms with van der Waals surface area (Å²) in [7, 11) is 0. The maximum absolute atomic E-state index is 9.46. The van der Waals surface area contributed by atoms with Crippen molar-refractivity contribution in [2.24, 2.45) is 5.10 Å². The molecule has 1 N–H and O–H groups in total. The lowest BCUT2D eigenvalue weighted by Crippen LogP contribution is -2.01. The molecule has 0 bridgehead atoms. The number of rotatable bonds is 6. The van der Waals surface area contributed by atoms with Crippen molar-refractivity contribution in [3.8, 4) is 23.1 Å². The van der Waals surface area contributed by atoms with Crippen LogP contribution in [0.25, 0.3) is 11.3 Å². The third-order valence-corrected chi connectivity index (χ3v) is 4.93. The van der Waals surface area contributed by atoms with E-state index >= 15 is 0 Å². The number of nitrogens with one attached hydrogen (secondary N) is 1. The van der Waals surface area contributed by atoms with Crippen LogP contribution in [0.3, 0.4) is 0 Å². The van der Waals surface area contributed by atoms with Gasteiger partial charge in [-0.2, -0.15) is 10.4 Å². The quantitative estimate of drug-likeness (QED) is 0.476. The number of hydrogen-bond donors (Lipinski definition) is 1. The van der Waals surface area contributed by atoms with E-state index in [1.165, 1.54) is 22.5 Å². The van der Waals surface area contributed by atoms with Gasteiger partial charge in [-0.25, -0.2) is 4.98 Å². The summed E-state index contributed by atoms with van der Waals surface area (Å²) in [4.78, 5) is 4.56. The van der Waals surface area contributed by atoms with E-state index in [-0.39, 0.29) is 5.71 Å². The van der Waals surface area contributed by atoms with Crippen molar-refractivity contribution in [2.75, 3.05) is 12.0 Å². The number of aromatic nitrogens is 1. The van der Waals surface area contributed by atoms with E-state index in [9.17, 15) is 5.26 Å². The van der Waals surface area contributed by atoms with Crippen LogP contribution in [0.1, 0.15) is 23.1 Å². The van der Waals surface area contributed by atoms with E-state index in [2.05, 4.69) is 28.5 Å². The fourth-order valence-corrected chi connectivity index (χ4v) is 3.22. The van der Waals surface area contributed by atoms with E-state index < -0.39 is 0 Å². The summed E-state index contributed by atoms with van der Waals surface area (Å²) in [6, 6.07) is 15.8. The zero-order chi connectivity index (χ0) is 19.2. The molecule has 6 heteroatoms. The van der Waals surface area contributed by atoms with Gasteiger partial charge in [0.25, 0.3) is 0 Å². The van der Waals surface area contributed by atoms with E-state index in [4.69, 9.17) is 4.74 Å². The number of aryl methyl sites for hydroxylation is 2. The summed E-state index contributed by atoms with van der Waals surface area (Å²) in [5, 5.41) is 16.2. The fraction of sp³-hybridized carbons (Fsp3) is 0.190. The third kappa shape index (κ3) is 4.52. The molecule has 3 aromatic rings. The zero-order valence-corrected chi connectivity index (χ0v) is 16.3. The van der Waals surface area contributed by atoms with Crippen LogP contribution in [0.15, 0.2) is 52.9 Å². The Labute approximate surface area is 163 Å². The minimum atomic E-state index is 0.260. The SMILES string of the molecule is CCOc1ccc(-c2csc(/C(C#N)=N\Nc3ccc(C)c(C)c3)n2)cc1. The molecular formula is C21H20N4OS. The van der Waals surface area contributed by atoms with Crippen LogP contribution in [0.5, 0.6) is 5.75 Å². The van der Waals surface area contributed by atoms with Crippen molar-refractivity contribution < 1.29 is 4.74 Å². The number of nitriles is 1. The summed E-state index contributed by atoms with van der Waals surface area (Å²) in [5.41, 5.74) is 8.21. The first-order valence-corrected chi connectivity index (χ1v) is 9.49. The zero-order valence-electron chi connectivity index (χ0n) is 15.5. The van der Waals surface area contributed by atoms with Crippen molar-refractivity contribution in [1.29, 1.82) is 5.26 Å². The summed E-state index contributed by atoms with van der Waals surface area (Å²) < 4.78 is 5.46. The smallest absolute Gasteiger partial charge is 0.196 e. The van der Waals surface area contributed by atoms with Gasteiger partial charge in [-0.05, 0) is 68.3 Å². The number of ether oxygens (including phenoxy) is 1. The van der Waals surface area contributed by atoms with Gasteiger partial charge in [-0.3, -0.25) is 5.43 Å². The van der Waals surface area contributed by atoms with Crippen molar-refractivity contribution in [2.45, 2.75) is 20.8 Å². The second kappa shape index (κ2) is 8.47.